The molecule has 8 N–H and O–H groups in total. The lowest BCUT2D eigenvalue weighted by Gasteiger charge is -2.27. The minimum atomic E-state index is -1.82. The van der Waals surface area contributed by atoms with Crippen LogP contribution in [-0.2, 0) is 65.7 Å². The predicted octanol–water partition coefficient (Wildman–Crippen LogP) is 4.14. The highest BCUT2D eigenvalue weighted by atomic mass is 32.1. The number of hydrogen-bond acceptors (Lipinski definition) is 9. The second kappa shape index (κ2) is 23.7. The van der Waals surface area contributed by atoms with E-state index in [1.165, 1.54) is 23.5 Å². The van der Waals surface area contributed by atoms with Crippen molar-refractivity contribution in [1.82, 2.24) is 26.6 Å². The lowest BCUT2D eigenvalue weighted by Crippen LogP contribution is -2.60. The molecule has 0 radical (unpaired) electrons. The van der Waals surface area contributed by atoms with Crippen LogP contribution in [0.3, 0.4) is 0 Å². The second-order valence-electron chi connectivity index (χ2n) is 16.7. The maximum absolute atomic E-state index is 14.8. The summed E-state index contributed by atoms with van der Waals surface area (Å²) >= 11 is 1.35. The highest BCUT2D eigenvalue weighted by Gasteiger charge is 2.34. The zero-order valence-electron chi connectivity index (χ0n) is 37.4. The highest BCUT2D eigenvalue weighted by molar-refractivity contribution is 7.09. The number of hydrogen-bond donors (Lipinski definition) is 8. The van der Waals surface area contributed by atoms with Gasteiger partial charge in [0.1, 0.15) is 36.3 Å². The fraction of sp³-hybridized carbons (Fsp3) is 0.226. The van der Waals surface area contributed by atoms with E-state index in [0.29, 0.717) is 22.3 Å². The first kappa shape index (κ1) is 49.0. The van der Waals surface area contributed by atoms with E-state index in [9.17, 15) is 43.8 Å². The van der Waals surface area contributed by atoms with E-state index in [-0.39, 0.29) is 37.8 Å². The van der Waals surface area contributed by atoms with E-state index in [1.807, 2.05) is 54.6 Å². The number of thiophene rings is 1. The zero-order chi connectivity index (χ0) is 48.7. The Morgan fingerprint density at radius 3 is 1.68 bits per heavy atom. The Bertz CT molecular complexity index is 2710. The third-order valence-electron chi connectivity index (χ3n) is 11.6. The van der Waals surface area contributed by atoms with Crippen LogP contribution in [0.5, 0.6) is 0 Å². The standard InChI is InChI=1S/C53H52N6O9S/c60-46-32-47(61)55-44(31-40-17-10-26-69-40)51(65)58-42(28-35-18-22-38(23-19-35)37-15-8-3-9-16-37)49(63)56-41(27-33-11-4-1-5-12-33)48(62)57-43(29-36-20-24-39(25-21-36)54-52(46)66)50(64)59-45(53(67)68)30-34-13-6-2-7-14-34/h1-26,41-46,60H,27-32H2,(H,54,66)(H,55,61)(H,56,63)(H,57,62)(H,58,65)(H,59,64)(H,67,68). The van der Waals surface area contributed by atoms with E-state index in [0.717, 1.165) is 16.0 Å². The Hall–Kier alpha value is -7.95. The van der Waals surface area contributed by atoms with Gasteiger partial charge in [-0.1, -0.05) is 133 Å². The largest absolute Gasteiger partial charge is 0.480 e. The molecular weight excluding hydrogens is 897 g/mol. The third kappa shape index (κ3) is 14.3. The molecule has 0 saturated heterocycles. The molecule has 15 nitrogen and oxygen atoms in total. The van der Waals surface area contributed by atoms with Gasteiger partial charge in [0.2, 0.25) is 29.5 Å². The van der Waals surface area contributed by atoms with Gasteiger partial charge in [0.05, 0.1) is 6.42 Å². The molecule has 2 aliphatic rings. The van der Waals surface area contributed by atoms with Gasteiger partial charge in [-0.15, -0.1) is 11.3 Å². The summed E-state index contributed by atoms with van der Waals surface area (Å²) in [5.41, 5.74) is 4.60. The molecule has 354 valence electrons. The number of fused-ring (bicyclic) bond motifs is 18. The number of aliphatic hydroxyl groups is 1. The van der Waals surface area contributed by atoms with Crippen molar-refractivity contribution in [2.24, 2.45) is 0 Å². The molecular formula is C53H52N6O9S. The minimum Gasteiger partial charge on any atom is -0.480 e. The van der Waals surface area contributed by atoms with Gasteiger partial charge in [-0.3, -0.25) is 28.8 Å². The van der Waals surface area contributed by atoms with Gasteiger partial charge >= 0.3 is 5.97 Å². The van der Waals surface area contributed by atoms with Gasteiger partial charge in [-0.2, -0.15) is 0 Å². The summed E-state index contributed by atoms with van der Waals surface area (Å²) < 4.78 is 0. The number of aliphatic hydroxyl groups excluding tert-OH is 1. The van der Waals surface area contributed by atoms with Gasteiger partial charge < -0.3 is 42.1 Å². The molecule has 1 aromatic heterocycles. The predicted molar refractivity (Wildman–Crippen MR) is 261 cm³/mol. The van der Waals surface area contributed by atoms with E-state index < -0.39 is 84.1 Å². The van der Waals surface area contributed by atoms with Crippen LogP contribution < -0.4 is 31.9 Å². The molecule has 2 bridgehead atoms. The Labute approximate surface area is 402 Å². The van der Waals surface area contributed by atoms with Crippen LogP contribution in [0.1, 0.15) is 33.6 Å². The molecule has 6 unspecified atom stereocenters. The Balaban J connectivity index is 1.24. The zero-order valence-corrected chi connectivity index (χ0v) is 38.2. The first-order valence-corrected chi connectivity index (χ1v) is 23.3. The molecule has 6 aromatic rings. The average molecular weight is 949 g/mol. The van der Waals surface area contributed by atoms with Crippen LogP contribution in [0.15, 0.2) is 157 Å². The number of carboxylic acids is 1. The molecule has 0 saturated carbocycles. The molecule has 3 heterocycles. The SMILES string of the molecule is O=C1CC(O)C(=O)Nc2ccc(cc2)CC(C(=O)NC(Cc2ccccc2)C(=O)O)NC(=O)C(Cc2ccccc2)NC(=O)C(Cc2ccc(-c3ccccc3)cc2)NC(=O)C(Cc2cccs2)N1. The lowest BCUT2D eigenvalue weighted by atomic mass is 9.98. The molecule has 2 aliphatic heterocycles. The highest BCUT2D eigenvalue weighted by Crippen LogP contribution is 2.21. The third-order valence-corrected chi connectivity index (χ3v) is 12.5. The number of carbonyl (C=O) groups is 7. The number of nitrogens with one attached hydrogen (secondary N) is 6. The van der Waals surface area contributed by atoms with Crippen molar-refractivity contribution in [3.05, 3.63) is 184 Å². The monoisotopic (exact) mass is 948 g/mol. The molecule has 16 heteroatoms. The number of amides is 6. The van der Waals surface area contributed by atoms with Crippen molar-refractivity contribution >= 4 is 58.4 Å². The van der Waals surface area contributed by atoms with Crippen LogP contribution in [0.25, 0.3) is 11.1 Å². The summed E-state index contributed by atoms with van der Waals surface area (Å²) in [6.07, 6.45) is -2.79. The molecule has 0 aliphatic carbocycles. The van der Waals surface area contributed by atoms with E-state index in [2.05, 4.69) is 31.9 Å². The molecule has 6 atom stereocenters. The number of carbonyl (C=O) groups excluding carboxylic acids is 6. The van der Waals surface area contributed by atoms with Crippen LogP contribution in [-0.4, -0.2) is 87.9 Å². The minimum absolute atomic E-state index is 0.0145. The summed E-state index contributed by atoms with van der Waals surface area (Å²) in [4.78, 5) is 97.9. The normalized spacial score (nSPS) is 19.9. The molecule has 5 aromatic carbocycles. The van der Waals surface area contributed by atoms with Crippen LogP contribution in [0, 0.1) is 0 Å². The second-order valence-corrected chi connectivity index (χ2v) is 17.8. The summed E-state index contributed by atoms with van der Waals surface area (Å²) in [5, 5.41) is 39.1. The summed E-state index contributed by atoms with van der Waals surface area (Å²) in [6.45, 7) is 0. The van der Waals surface area contributed by atoms with E-state index in [1.54, 1.807) is 90.3 Å². The van der Waals surface area contributed by atoms with Gasteiger partial charge in [0.25, 0.3) is 5.91 Å². The number of aliphatic carboxylic acids is 1. The number of carboxylic acid groups (broad SMARTS) is 1. The van der Waals surface area contributed by atoms with Crippen LogP contribution >= 0.6 is 11.3 Å². The molecule has 0 fully saturated rings. The molecule has 0 spiro atoms. The quantitative estimate of drug-likeness (QED) is 0.0824. The summed E-state index contributed by atoms with van der Waals surface area (Å²) in [6, 6.07) is 37.8. The number of anilines is 1. The van der Waals surface area contributed by atoms with Crippen molar-refractivity contribution in [2.45, 2.75) is 74.8 Å². The Morgan fingerprint density at radius 1 is 0.565 bits per heavy atom. The summed E-state index contributed by atoms with van der Waals surface area (Å²) in [5.74, 6) is -6.08. The van der Waals surface area contributed by atoms with Gasteiger partial charge in [-0.25, -0.2) is 4.79 Å². The van der Waals surface area contributed by atoms with Crippen LogP contribution in [0.2, 0.25) is 0 Å². The number of benzene rings is 5. The first-order chi connectivity index (χ1) is 33.4. The Kier molecular flexibility index (Phi) is 16.8. The fourth-order valence-electron chi connectivity index (χ4n) is 7.86. The summed E-state index contributed by atoms with van der Waals surface area (Å²) in [7, 11) is 0. The van der Waals surface area contributed by atoms with E-state index >= 15 is 0 Å². The first-order valence-electron chi connectivity index (χ1n) is 22.4. The molecule has 6 amide bonds. The van der Waals surface area contributed by atoms with Crippen molar-refractivity contribution in [3.63, 3.8) is 0 Å². The van der Waals surface area contributed by atoms with Crippen molar-refractivity contribution < 1.29 is 43.8 Å². The van der Waals surface area contributed by atoms with E-state index in [4.69, 9.17) is 0 Å². The van der Waals surface area contributed by atoms with Gasteiger partial charge in [-0.05, 0) is 57.0 Å². The Morgan fingerprint density at radius 2 is 1.10 bits per heavy atom. The maximum Gasteiger partial charge on any atom is 0.326 e. The van der Waals surface area contributed by atoms with Gasteiger partial charge in [0.15, 0.2) is 0 Å². The van der Waals surface area contributed by atoms with Gasteiger partial charge in [0, 0.05) is 42.7 Å². The van der Waals surface area contributed by atoms with Crippen molar-refractivity contribution in [1.29, 1.82) is 0 Å². The topological polar surface area (TPSA) is 232 Å². The molecule has 8 rings (SSSR count). The molecule has 69 heavy (non-hydrogen) atoms. The number of rotatable bonds is 12. The average Bonchev–Trinajstić information content (AvgIpc) is 3.87. The fourth-order valence-corrected chi connectivity index (χ4v) is 8.61. The van der Waals surface area contributed by atoms with Crippen LogP contribution in [0.4, 0.5) is 5.69 Å². The maximum atomic E-state index is 14.8. The smallest absolute Gasteiger partial charge is 0.326 e. The van der Waals surface area contributed by atoms with Crippen molar-refractivity contribution in [2.75, 3.05) is 5.32 Å². The van der Waals surface area contributed by atoms with Crippen molar-refractivity contribution in [3.8, 4) is 11.1 Å². The lowest BCUT2D eigenvalue weighted by molar-refractivity contribution is -0.142.